The second-order valence-electron chi connectivity index (χ2n) is 3.32. The first-order chi connectivity index (χ1) is 7.40. The zero-order valence-corrected chi connectivity index (χ0v) is 8.80. The van der Waals surface area contributed by atoms with Crippen molar-refractivity contribution in [2.75, 3.05) is 12.4 Å². The molecule has 0 unspecified atom stereocenters. The minimum absolute atomic E-state index is 0.912. The summed E-state index contributed by atoms with van der Waals surface area (Å²) < 4.78 is 4.04. The van der Waals surface area contributed by atoms with Crippen molar-refractivity contribution in [1.82, 2.24) is 19.3 Å². The monoisotopic (exact) mass is 205 g/mol. The van der Waals surface area contributed by atoms with Crippen LogP contribution in [-0.4, -0.2) is 26.4 Å². The first-order valence-corrected chi connectivity index (χ1v) is 5.06. The number of nitrogens with one attached hydrogen (secondary N) is 1. The Morgan fingerprint density at radius 2 is 2.20 bits per heavy atom. The van der Waals surface area contributed by atoms with Crippen LogP contribution < -0.4 is 5.32 Å². The van der Waals surface area contributed by atoms with Crippen molar-refractivity contribution in [2.45, 2.75) is 19.5 Å². The van der Waals surface area contributed by atoms with Crippen LogP contribution in [0.5, 0.6) is 0 Å². The Kier molecular flexibility index (Phi) is 3.02. The molecule has 5 heteroatoms. The summed E-state index contributed by atoms with van der Waals surface area (Å²) in [7, 11) is 1.88. The van der Waals surface area contributed by atoms with Gasteiger partial charge in [0.2, 0.25) is 5.95 Å². The molecule has 0 saturated carbocycles. The lowest BCUT2D eigenvalue weighted by Crippen LogP contribution is -2.06. The zero-order chi connectivity index (χ0) is 10.5. The van der Waals surface area contributed by atoms with Crippen molar-refractivity contribution >= 4 is 5.95 Å². The molecule has 2 rings (SSSR count). The molecule has 0 bridgehead atoms. The van der Waals surface area contributed by atoms with E-state index in [1.54, 1.807) is 12.4 Å². The molecule has 0 amide bonds. The van der Waals surface area contributed by atoms with Gasteiger partial charge in [0.15, 0.2) is 0 Å². The van der Waals surface area contributed by atoms with Crippen molar-refractivity contribution in [1.29, 1.82) is 0 Å². The molecule has 15 heavy (non-hydrogen) atoms. The Hall–Kier alpha value is -1.78. The number of aromatic nitrogens is 4. The summed E-state index contributed by atoms with van der Waals surface area (Å²) in [6, 6.07) is 1.94. The minimum atomic E-state index is 0.912. The van der Waals surface area contributed by atoms with Gasteiger partial charge >= 0.3 is 0 Å². The largest absolute Gasteiger partial charge is 0.359 e. The van der Waals surface area contributed by atoms with Crippen LogP contribution in [-0.2, 0) is 13.1 Å². The number of rotatable bonds is 5. The van der Waals surface area contributed by atoms with E-state index in [4.69, 9.17) is 0 Å². The van der Waals surface area contributed by atoms with Crippen molar-refractivity contribution in [3.05, 3.63) is 30.9 Å². The maximum Gasteiger partial charge on any atom is 0.202 e. The number of hydrogen-bond acceptors (Lipinski definition) is 3. The summed E-state index contributed by atoms with van der Waals surface area (Å²) >= 11 is 0. The lowest BCUT2D eigenvalue weighted by atomic mass is 10.4. The fraction of sp³-hybridized carbons (Fsp3) is 0.400. The molecule has 0 aliphatic rings. The highest BCUT2D eigenvalue weighted by atomic mass is 15.3. The molecule has 80 valence electrons. The quantitative estimate of drug-likeness (QED) is 0.798. The standard InChI is InChI=1S/C10H15N5/c1-11-10-12-5-9-14(10)6-3-8-15-7-2-4-13-15/h2,4-5,7,9H,3,6,8H2,1H3,(H,11,12). The number of hydrogen-bond donors (Lipinski definition) is 1. The normalized spacial score (nSPS) is 10.5. The van der Waals surface area contributed by atoms with Crippen LogP contribution in [0, 0.1) is 0 Å². The van der Waals surface area contributed by atoms with Crippen LogP contribution in [0.3, 0.4) is 0 Å². The Labute approximate surface area is 88.7 Å². The number of anilines is 1. The molecule has 0 radical (unpaired) electrons. The second kappa shape index (κ2) is 4.63. The summed E-state index contributed by atoms with van der Waals surface area (Å²) in [6.07, 6.45) is 8.62. The first-order valence-electron chi connectivity index (χ1n) is 5.06. The molecule has 0 aliphatic heterocycles. The van der Waals surface area contributed by atoms with Gasteiger partial charge in [0, 0.05) is 44.9 Å². The topological polar surface area (TPSA) is 47.7 Å². The van der Waals surface area contributed by atoms with Crippen molar-refractivity contribution in [3.8, 4) is 0 Å². The van der Waals surface area contributed by atoms with E-state index in [9.17, 15) is 0 Å². The van der Waals surface area contributed by atoms with Gasteiger partial charge < -0.3 is 9.88 Å². The fourth-order valence-corrected chi connectivity index (χ4v) is 1.55. The average Bonchev–Trinajstić information content (AvgIpc) is 2.88. The van der Waals surface area contributed by atoms with Crippen LogP contribution in [0.1, 0.15) is 6.42 Å². The summed E-state index contributed by atoms with van der Waals surface area (Å²) in [6.45, 7) is 1.89. The molecule has 0 fully saturated rings. The molecule has 0 spiro atoms. The number of aryl methyl sites for hydroxylation is 2. The molecule has 2 heterocycles. The Balaban J connectivity index is 1.83. The molecular formula is C10H15N5. The lowest BCUT2D eigenvalue weighted by Gasteiger charge is -2.06. The molecule has 0 saturated heterocycles. The highest BCUT2D eigenvalue weighted by Crippen LogP contribution is 2.04. The van der Waals surface area contributed by atoms with Crippen molar-refractivity contribution in [3.63, 3.8) is 0 Å². The molecule has 2 aromatic heterocycles. The maximum absolute atomic E-state index is 4.18. The van der Waals surface area contributed by atoms with E-state index in [0.717, 1.165) is 25.5 Å². The van der Waals surface area contributed by atoms with Crippen LogP contribution in [0.2, 0.25) is 0 Å². The Morgan fingerprint density at radius 1 is 1.27 bits per heavy atom. The van der Waals surface area contributed by atoms with Gasteiger partial charge in [0.05, 0.1) is 0 Å². The van der Waals surface area contributed by atoms with E-state index in [2.05, 4.69) is 20.0 Å². The number of nitrogens with zero attached hydrogens (tertiary/aromatic N) is 4. The minimum Gasteiger partial charge on any atom is -0.359 e. The van der Waals surface area contributed by atoms with Gasteiger partial charge in [-0.15, -0.1) is 0 Å². The van der Waals surface area contributed by atoms with E-state index in [1.807, 2.05) is 30.2 Å². The van der Waals surface area contributed by atoms with E-state index >= 15 is 0 Å². The summed E-state index contributed by atoms with van der Waals surface area (Å²) in [5, 5.41) is 7.20. The van der Waals surface area contributed by atoms with Gasteiger partial charge in [-0.1, -0.05) is 0 Å². The molecule has 2 aromatic rings. The summed E-state index contributed by atoms with van der Waals surface area (Å²) in [5.41, 5.74) is 0. The Morgan fingerprint density at radius 3 is 2.93 bits per heavy atom. The molecular weight excluding hydrogens is 190 g/mol. The van der Waals surface area contributed by atoms with E-state index in [0.29, 0.717) is 0 Å². The van der Waals surface area contributed by atoms with Crippen molar-refractivity contribution in [2.24, 2.45) is 0 Å². The van der Waals surface area contributed by atoms with Crippen LogP contribution in [0.15, 0.2) is 30.9 Å². The van der Waals surface area contributed by atoms with Gasteiger partial charge in [-0.2, -0.15) is 5.10 Å². The van der Waals surface area contributed by atoms with E-state index in [1.165, 1.54) is 0 Å². The molecule has 5 nitrogen and oxygen atoms in total. The average molecular weight is 205 g/mol. The highest BCUT2D eigenvalue weighted by Gasteiger charge is 1.99. The molecule has 0 atom stereocenters. The van der Waals surface area contributed by atoms with E-state index in [-0.39, 0.29) is 0 Å². The van der Waals surface area contributed by atoms with Gasteiger partial charge in [0.25, 0.3) is 0 Å². The highest BCUT2D eigenvalue weighted by molar-refractivity contribution is 5.23. The maximum atomic E-state index is 4.18. The fourth-order valence-electron chi connectivity index (χ4n) is 1.55. The first kappa shape index (κ1) is 9.76. The van der Waals surface area contributed by atoms with Crippen LogP contribution in [0.4, 0.5) is 5.95 Å². The van der Waals surface area contributed by atoms with Gasteiger partial charge in [-0.3, -0.25) is 4.68 Å². The third-order valence-corrected chi connectivity index (χ3v) is 2.28. The predicted octanol–water partition coefficient (Wildman–Crippen LogP) is 1.21. The van der Waals surface area contributed by atoms with Gasteiger partial charge in [-0.05, 0) is 12.5 Å². The zero-order valence-electron chi connectivity index (χ0n) is 8.80. The molecule has 0 aromatic carbocycles. The third kappa shape index (κ3) is 2.37. The van der Waals surface area contributed by atoms with Gasteiger partial charge in [-0.25, -0.2) is 4.98 Å². The smallest absolute Gasteiger partial charge is 0.202 e. The number of imidazole rings is 1. The summed E-state index contributed by atoms with van der Waals surface area (Å²) in [5.74, 6) is 0.912. The van der Waals surface area contributed by atoms with Crippen LogP contribution >= 0.6 is 0 Å². The van der Waals surface area contributed by atoms with Crippen LogP contribution in [0.25, 0.3) is 0 Å². The van der Waals surface area contributed by atoms with E-state index < -0.39 is 0 Å². The summed E-state index contributed by atoms with van der Waals surface area (Å²) in [4.78, 5) is 4.18. The molecule has 1 N–H and O–H groups in total. The Bertz CT molecular complexity index is 390. The second-order valence-corrected chi connectivity index (χ2v) is 3.32. The van der Waals surface area contributed by atoms with Crippen molar-refractivity contribution < 1.29 is 0 Å². The van der Waals surface area contributed by atoms with Gasteiger partial charge in [0.1, 0.15) is 0 Å². The lowest BCUT2D eigenvalue weighted by molar-refractivity contribution is 0.529. The SMILES string of the molecule is CNc1nccn1CCCn1cccn1. The predicted molar refractivity (Wildman–Crippen MR) is 58.6 cm³/mol. The third-order valence-electron chi connectivity index (χ3n) is 2.28. The molecule has 0 aliphatic carbocycles.